The van der Waals surface area contributed by atoms with Crippen LogP contribution in [0.3, 0.4) is 0 Å². The summed E-state index contributed by atoms with van der Waals surface area (Å²) in [6.07, 6.45) is -6.74. The van der Waals surface area contributed by atoms with Crippen molar-refractivity contribution in [2.45, 2.75) is 37.8 Å². The molecular formula is C13H18O9. The largest absolute Gasteiger partial charge is 0.465 e. The second-order valence-electron chi connectivity index (χ2n) is 4.49. The molecule has 0 aliphatic carbocycles. The Morgan fingerprint density at radius 2 is 1.91 bits per heavy atom. The van der Waals surface area contributed by atoms with Gasteiger partial charge in [-0.2, -0.15) is 0 Å². The molecule has 22 heavy (non-hydrogen) atoms. The fraction of sp³-hybridized carbons (Fsp3) is 0.538. The van der Waals surface area contributed by atoms with E-state index in [0.29, 0.717) is 0 Å². The molecule has 5 N–H and O–H groups in total. The molecule has 0 saturated carbocycles. The lowest BCUT2D eigenvalue weighted by molar-refractivity contribution is -0.161. The molecule has 0 unspecified atom stereocenters. The highest BCUT2D eigenvalue weighted by Gasteiger charge is 2.36. The van der Waals surface area contributed by atoms with Gasteiger partial charge in [0.2, 0.25) is 11.2 Å². The molecule has 4 atom stereocenters. The normalized spacial score (nSPS) is 16.6. The summed E-state index contributed by atoms with van der Waals surface area (Å²) < 4.78 is 9.69. The van der Waals surface area contributed by atoms with Crippen molar-refractivity contribution in [2.24, 2.45) is 0 Å². The first-order valence-corrected chi connectivity index (χ1v) is 6.48. The second-order valence-corrected chi connectivity index (χ2v) is 4.49. The molecular weight excluding hydrogens is 300 g/mol. The molecule has 0 bridgehead atoms. The van der Waals surface area contributed by atoms with E-state index in [1.165, 1.54) is 0 Å². The van der Waals surface area contributed by atoms with Crippen molar-refractivity contribution in [3.8, 4) is 5.75 Å². The van der Waals surface area contributed by atoms with Crippen LogP contribution in [0.5, 0.6) is 5.75 Å². The lowest BCUT2D eigenvalue weighted by Crippen LogP contribution is -2.49. The molecule has 1 heterocycles. The minimum Gasteiger partial charge on any atom is -0.465 e. The van der Waals surface area contributed by atoms with Gasteiger partial charge in [0.25, 0.3) is 0 Å². The molecule has 0 fully saturated rings. The first-order valence-electron chi connectivity index (χ1n) is 6.48. The Kier molecular flexibility index (Phi) is 6.65. The van der Waals surface area contributed by atoms with Gasteiger partial charge in [0.05, 0.1) is 12.9 Å². The van der Waals surface area contributed by atoms with Crippen LogP contribution in [0.4, 0.5) is 0 Å². The van der Waals surface area contributed by atoms with Gasteiger partial charge in [0.1, 0.15) is 24.1 Å². The Hall–Kier alpha value is -1.78. The van der Waals surface area contributed by atoms with Gasteiger partial charge in [0.15, 0.2) is 6.10 Å². The minimum absolute atomic E-state index is 0.0680. The van der Waals surface area contributed by atoms with Crippen LogP contribution in [0.1, 0.15) is 12.7 Å². The fourth-order valence-electron chi connectivity index (χ4n) is 1.62. The molecule has 124 valence electrons. The van der Waals surface area contributed by atoms with Crippen molar-refractivity contribution in [3.05, 3.63) is 28.3 Å². The van der Waals surface area contributed by atoms with Crippen LogP contribution in [-0.2, 0) is 11.2 Å². The summed E-state index contributed by atoms with van der Waals surface area (Å²) in [6, 6.07) is 1.01. The maximum atomic E-state index is 11.7. The summed E-state index contributed by atoms with van der Waals surface area (Å²) in [5.41, 5.74) is -0.658. The number of esters is 1. The number of aliphatic hydroxyl groups is 5. The molecule has 1 aromatic heterocycles. The molecule has 1 aromatic rings. The van der Waals surface area contributed by atoms with Crippen LogP contribution >= 0.6 is 0 Å². The van der Waals surface area contributed by atoms with Gasteiger partial charge < -0.3 is 34.7 Å². The van der Waals surface area contributed by atoms with Crippen molar-refractivity contribution in [2.75, 3.05) is 6.61 Å². The Bertz CT molecular complexity index is 553. The Balaban J connectivity index is 2.87. The van der Waals surface area contributed by atoms with Crippen molar-refractivity contribution in [1.29, 1.82) is 0 Å². The maximum absolute atomic E-state index is 11.7. The molecule has 9 heteroatoms. The zero-order chi connectivity index (χ0) is 16.9. The summed E-state index contributed by atoms with van der Waals surface area (Å²) >= 11 is 0. The molecule has 0 radical (unpaired) electrons. The molecule has 9 nitrogen and oxygen atoms in total. The van der Waals surface area contributed by atoms with E-state index >= 15 is 0 Å². The van der Waals surface area contributed by atoms with Crippen molar-refractivity contribution >= 4 is 5.97 Å². The van der Waals surface area contributed by atoms with E-state index in [1.807, 2.05) is 0 Å². The Morgan fingerprint density at radius 1 is 1.27 bits per heavy atom. The van der Waals surface area contributed by atoms with Gasteiger partial charge in [-0.15, -0.1) is 0 Å². The predicted octanol–water partition coefficient (Wildman–Crippen LogP) is -2.46. The molecule has 0 aromatic carbocycles. The zero-order valence-electron chi connectivity index (χ0n) is 11.7. The number of rotatable bonds is 7. The van der Waals surface area contributed by atoms with E-state index < -0.39 is 48.2 Å². The highest BCUT2D eigenvalue weighted by Crippen LogP contribution is 2.15. The van der Waals surface area contributed by atoms with Crippen LogP contribution < -0.4 is 10.2 Å². The number of aryl methyl sites for hydroxylation is 1. The standard InChI is InChI=1S/C13H18O9/c1-2-8-12(6(15)3-4-21-8)22-13(20)11(19)10(18)9(17)7(16)5-14/h3-4,7,9-11,14,16-19H,2,5H2,1H3/t7-,9-,10+,11-/m1/s1. The summed E-state index contributed by atoms with van der Waals surface area (Å²) in [7, 11) is 0. The number of hydrogen-bond donors (Lipinski definition) is 5. The van der Waals surface area contributed by atoms with E-state index in [1.54, 1.807) is 6.92 Å². The number of ether oxygens (including phenoxy) is 1. The SMILES string of the molecule is CCc1occc(=O)c1OC(=O)[C@H](O)[C@@H](O)[C@H](O)[C@H](O)CO. The first kappa shape index (κ1) is 18.3. The van der Waals surface area contributed by atoms with Crippen molar-refractivity contribution < 1.29 is 39.5 Å². The fourth-order valence-corrected chi connectivity index (χ4v) is 1.62. The number of carbonyl (C=O) groups excluding carboxylic acids is 1. The van der Waals surface area contributed by atoms with Crippen LogP contribution in [0.25, 0.3) is 0 Å². The van der Waals surface area contributed by atoms with E-state index in [9.17, 15) is 24.9 Å². The van der Waals surface area contributed by atoms with E-state index in [4.69, 9.17) is 19.4 Å². The monoisotopic (exact) mass is 318 g/mol. The summed E-state index contributed by atoms with van der Waals surface area (Å²) in [4.78, 5) is 23.3. The average Bonchev–Trinajstić information content (AvgIpc) is 2.53. The first-order chi connectivity index (χ1) is 10.3. The average molecular weight is 318 g/mol. The summed E-state index contributed by atoms with van der Waals surface area (Å²) in [5, 5.41) is 46.4. The van der Waals surface area contributed by atoms with Gasteiger partial charge in [0, 0.05) is 12.5 Å². The highest BCUT2D eigenvalue weighted by atomic mass is 16.6. The molecule has 0 amide bonds. The van der Waals surface area contributed by atoms with Crippen molar-refractivity contribution in [3.63, 3.8) is 0 Å². The summed E-state index contributed by atoms with van der Waals surface area (Å²) in [6.45, 7) is 0.754. The Labute approximate surface area is 125 Å². The quantitative estimate of drug-likeness (QED) is 0.344. The molecule has 0 aliphatic rings. The van der Waals surface area contributed by atoms with Gasteiger partial charge in [-0.1, -0.05) is 6.92 Å². The van der Waals surface area contributed by atoms with Gasteiger partial charge in [-0.25, -0.2) is 4.79 Å². The maximum Gasteiger partial charge on any atom is 0.343 e. The number of hydrogen-bond acceptors (Lipinski definition) is 9. The van der Waals surface area contributed by atoms with Gasteiger partial charge in [-0.05, 0) is 0 Å². The Morgan fingerprint density at radius 3 is 2.45 bits per heavy atom. The third-order valence-corrected chi connectivity index (χ3v) is 2.93. The topological polar surface area (TPSA) is 158 Å². The van der Waals surface area contributed by atoms with Crippen LogP contribution in [0.15, 0.2) is 21.5 Å². The smallest absolute Gasteiger partial charge is 0.343 e. The second kappa shape index (κ2) is 8.01. The molecule has 1 rings (SSSR count). The molecule has 0 aliphatic heterocycles. The van der Waals surface area contributed by atoms with Crippen LogP contribution in [-0.4, -0.2) is 62.5 Å². The van der Waals surface area contributed by atoms with Crippen molar-refractivity contribution in [1.82, 2.24) is 0 Å². The van der Waals surface area contributed by atoms with E-state index in [0.717, 1.165) is 12.3 Å². The number of aliphatic hydroxyl groups excluding tert-OH is 5. The minimum atomic E-state index is -2.24. The third kappa shape index (κ3) is 4.12. The highest BCUT2D eigenvalue weighted by molar-refractivity contribution is 5.77. The summed E-state index contributed by atoms with van der Waals surface area (Å²) in [5.74, 6) is -1.78. The third-order valence-electron chi connectivity index (χ3n) is 2.93. The predicted molar refractivity (Wildman–Crippen MR) is 71.1 cm³/mol. The van der Waals surface area contributed by atoms with Gasteiger partial charge >= 0.3 is 5.97 Å². The molecule has 0 saturated heterocycles. The van der Waals surface area contributed by atoms with E-state index in [2.05, 4.69) is 0 Å². The van der Waals surface area contributed by atoms with E-state index in [-0.39, 0.29) is 12.2 Å². The lowest BCUT2D eigenvalue weighted by atomic mass is 10.0. The zero-order valence-corrected chi connectivity index (χ0v) is 11.7. The van der Waals surface area contributed by atoms with Crippen LogP contribution in [0, 0.1) is 0 Å². The van der Waals surface area contributed by atoms with Crippen LogP contribution in [0.2, 0.25) is 0 Å². The number of carbonyl (C=O) groups is 1. The lowest BCUT2D eigenvalue weighted by Gasteiger charge is -2.24. The molecule has 0 spiro atoms. The van der Waals surface area contributed by atoms with Gasteiger partial charge in [-0.3, -0.25) is 4.79 Å².